The van der Waals surface area contributed by atoms with Gasteiger partial charge in [0.25, 0.3) is 0 Å². The summed E-state index contributed by atoms with van der Waals surface area (Å²) < 4.78 is 4.82. The number of benzene rings is 1. The van der Waals surface area contributed by atoms with Crippen molar-refractivity contribution < 1.29 is 9.53 Å². The Hall–Kier alpha value is -1.55. The lowest BCUT2D eigenvalue weighted by Gasteiger charge is -2.10. The van der Waals surface area contributed by atoms with Gasteiger partial charge >= 0.3 is 6.09 Å². The number of hydrogen-bond acceptors (Lipinski definition) is 3. The molecular weight excluding hydrogens is 216 g/mol. The minimum atomic E-state index is -0.684. The topological polar surface area (TPSA) is 64.4 Å². The van der Waals surface area contributed by atoms with E-state index in [0.29, 0.717) is 18.6 Å². The van der Waals surface area contributed by atoms with E-state index in [1.807, 2.05) is 6.07 Å². The lowest BCUT2D eigenvalue weighted by molar-refractivity contribution is 0.139. The van der Waals surface area contributed by atoms with E-state index in [-0.39, 0.29) is 0 Å². The maximum Gasteiger partial charge on any atom is 0.404 e. The Morgan fingerprint density at radius 1 is 1.41 bits per heavy atom. The van der Waals surface area contributed by atoms with Crippen LogP contribution in [-0.4, -0.2) is 25.3 Å². The van der Waals surface area contributed by atoms with Crippen molar-refractivity contribution in [2.45, 2.75) is 18.9 Å². The van der Waals surface area contributed by atoms with Crippen molar-refractivity contribution in [3.63, 3.8) is 0 Å². The van der Waals surface area contributed by atoms with E-state index in [1.54, 1.807) is 0 Å². The summed E-state index contributed by atoms with van der Waals surface area (Å²) in [5.74, 6) is 0.385. The van der Waals surface area contributed by atoms with Gasteiger partial charge in [-0.25, -0.2) is 4.79 Å². The van der Waals surface area contributed by atoms with Crippen molar-refractivity contribution in [1.82, 2.24) is 5.32 Å². The standard InChI is InChI=1S/C13H18N2O2/c14-13(16)17-9-11-7-12(15-8-11)6-10-4-2-1-3-5-10/h1-5,11-12,15H,6-9H2,(H2,14,16). The number of amides is 1. The van der Waals surface area contributed by atoms with Gasteiger partial charge in [0, 0.05) is 18.5 Å². The van der Waals surface area contributed by atoms with E-state index >= 15 is 0 Å². The summed E-state index contributed by atoms with van der Waals surface area (Å²) in [6.45, 7) is 1.32. The molecule has 17 heavy (non-hydrogen) atoms. The molecule has 0 spiro atoms. The molecular formula is C13H18N2O2. The Morgan fingerprint density at radius 3 is 2.88 bits per heavy atom. The number of primary amides is 1. The van der Waals surface area contributed by atoms with Crippen molar-refractivity contribution in [3.8, 4) is 0 Å². The first-order chi connectivity index (χ1) is 8.24. The molecule has 0 saturated carbocycles. The molecule has 1 aromatic rings. The Morgan fingerprint density at radius 2 is 2.18 bits per heavy atom. The summed E-state index contributed by atoms with van der Waals surface area (Å²) in [4.78, 5) is 10.5. The zero-order valence-corrected chi connectivity index (χ0v) is 9.76. The smallest absolute Gasteiger partial charge is 0.404 e. The van der Waals surface area contributed by atoms with Crippen LogP contribution in [0.1, 0.15) is 12.0 Å². The molecule has 92 valence electrons. The van der Waals surface area contributed by atoms with E-state index in [9.17, 15) is 4.79 Å². The number of ether oxygens (including phenoxy) is 1. The molecule has 1 aromatic carbocycles. The highest BCUT2D eigenvalue weighted by molar-refractivity contribution is 5.64. The minimum Gasteiger partial charge on any atom is -0.449 e. The highest BCUT2D eigenvalue weighted by Gasteiger charge is 2.24. The van der Waals surface area contributed by atoms with E-state index < -0.39 is 6.09 Å². The molecule has 2 rings (SSSR count). The highest BCUT2D eigenvalue weighted by atomic mass is 16.5. The molecule has 2 unspecified atom stereocenters. The first-order valence-electron chi connectivity index (χ1n) is 5.93. The van der Waals surface area contributed by atoms with Crippen molar-refractivity contribution >= 4 is 6.09 Å². The summed E-state index contributed by atoms with van der Waals surface area (Å²) >= 11 is 0. The molecule has 4 nitrogen and oxygen atoms in total. The average molecular weight is 234 g/mol. The number of nitrogens with one attached hydrogen (secondary N) is 1. The monoisotopic (exact) mass is 234 g/mol. The van der Waals surface area contributed by atoms with Crippen LogP contribution in [0.2, 0.25) is 0 Å². The van der Waals surface area contributed by atoms with Crippen LogP contribution in [0.3, 0.4) is 0 Å². The third-order valence-electron chi connectivity index (χ3n) is 3.10. The second-order valence-electron chi connectivity index (χ2n) is 4.53. The molecule has 0 aromatic heterocycles. The van der Waals surface area contributed by atoms with Crippen LogP contribution in [0.5, 0.6) is 0 Å². The lowest BCUT2D eigenvalue weighted by atomic mass is 10.0. The van der Waals surface area contributed by atoms with Gasteiger partial charge < -0.3 is 15.8 Å². The van der Waals surface area contributed by atoms with Crippen molar-refractivity contribution in [2.24, 2.45) is 11.7 Å². The molecule has 3 N–H and O–H groups in total. The molecule has 1 aliphatic rings. The normalized spacial score (nSPS) is 23.5. The summed E-state index contributed by atoms with van der Waals surface area (Å²) in [5, 5.41) is 3.45. The van der Waals surface area contributed by atoms with Gasteiger partial charge in [0.1, 0.15) is 0 Å². The van der Waals surface area contributed by atoms with Gasteiger partial charge in [-0.3, -0.25) is 0 Å². The molecule has 1 fully saturated rings. The van der Waals surface area contributed by atoms with Gasteiger partial charge in [0.2, 0.25) is 0 Å². The zero-order chi connectivity index (χ0) is 12.1. The molecule has 1 heterocycles. The van der Waals surface area contributed by atoms with E-state index in [2.05, 4.69) is 29.6 Å². The quantitative estimate of drug-likeness (QED) is 0.825. The second kappa shape index (κ2) is 5.68. The number of hydrogen-bond donors (Lipinski definition) is 2. The van der Waals surface area contributed by atoms with Gasteiger partial charge in [-0.2, -0.15) is 0 Å². The third kappa shape index (κ3) is 3.75. The minimum absolute atomic E-state index is 0.385. The highest BCUT2D eigenvalue weighted by Crippen LogP contribution is 2.17. The summed E-state index contributed by atoms with van der Waals surface area (Å²) in [6, 6.07) is 10.9. The van der Waals surface area contributed by atoms with Gasteiger partial charge in [-0.1, -0.05) is 30.3 Å². The van der Waals surface area contributed by atoms with Crippen LogP contribution in [0.4, 0.5) is 4.79 Å². The Bertz CT molecular complexity index is 367. The number of nitrogens with two attached hydrogens (primary N) is 1. The Balaban J connectivity index is 1.76. The van der Waals surface area contributed by atoms with Crippen LogP contribution < -0.4 is 11.1 Å². The fourth-order valence-electron chi connectivity index (χ4n) is 2.28. The maximum absolute atomic E-state index is 10.5. The van der Waals surface area contributed by atoms with Crippen LogP contribution in [0.15, 0.2) is 30.3 Å². The molecule has 1 saturated heterocycles. The molecule has 0 aliphatic carbocycles. The van der Waals surface area contributed by atoms with Gasteiger partial charge in [-0.15, -0.1) is 0 Å². The molecule has 0 bridgehead atoms. The van der Waals surface area contributed by atoms with E-state index in [1.165, 1.54) is 5.56 Å². The van der Waals surface area contributed by atoms with E-state index in [4.69, 9.17) is 10.5 Å². The van der Waals surface area contributed by atoms with Gasteiger partial charge in [0.05, 0.1) is 6.61 Å². The lowest BCUT2D eigenvalue weighted by Crippen LogP contribution is -2.23. The predicted octanol–water partition coefficient (Wildman–Crippen LogP) is 1.30. The fraction of sp³-hybridized carbons (Fsp3) is 0.462. The largest absolute Gasteiger partial charge is 0.449 e. The summed E-state index contributed by atoms with van der Waals surface area (Å²) in [6.07, 6.45) is 1.37. The molecule has 0 radical (unpaired) electrons. The summed E-state index contributed by atoms with van der Waals surface area (Å²) in [7, 11) is 0. The molecule has 1 amide bonds. The second-order valence-corrected chi connectivity index (χ2v) is 4.53. The average Bonchev–Trinajstić information content (AvgIpc) is 2.75. The van der Waals surface area contributed by atoms with Gasteiger partial charge in [-0.05, 0) is 18.4 Å². The maximum atomic E-state index is 10.5. The molecule has 2 atom stereocenters. The van der Waals surface area contributed by atoms with Crippen LogP contribution in [0.25, 0.3) is 0 Å². The number of rotatable bonds is 4. The third-order valence-corrected chi connectivity index (χ3v) is 3.10. The first-order valence-corrected chi connectivity index (χ1v) is 5.93. The van der Waals surface area contributed by atoms with Crippen molar-refractivity contribution in [2.75, 3.05) is 13.2 Å². The fourth-order valence-corrected chi connectivity index (χ4v) is 2.28. The molecule has 1 aliphatic heterocycles. The van der Waals surface area contributed by atoms with Crippen molar-refractivity contribution in [1.29, 1.82) is 0 Å². The van der Waals surface area contributed by atoms with Crippen molar-refractivity contribution in [3.05, 3.63) is 35.9 Å². The summed E-state index contributed by atoms with van der Waals surface area (Å²) in [5.41, 5.74) is 6.28. The van der Waals surface area contributed by atoms with Gasteiger partial charge in [0.15, 0.2) is 0 Å². The number of carbonyl (C=O) groups is 1. The number of carbonyl (C=O) groups excluding carboxylic acids is 1. The van der Waals surface area contributed by atoms with Crippen LogP contribution in [-0.2, 0) is 11.2 Å². The van der Waals surface area contributed by atoms with Crippen LogP contribution >= 0.6 is 0 Å². The zero-order valence-electron chi connectivity index (χ0n) is 9.76. The first kappa shape index (κ1) is 11.9. The van der Waals surface area contributed by atoms with E-state index in [0.717, 1.165) is 19.4 Å². The Labute approximate surface area is 101 Å². The van der Waals surface area contributed by atoms with Crippen LogP contribution in [0, 0.1) is 5.92 Å². The SMILES string of the molecule is NC(=O)OCC1CNC(Cc2ccccc2)C1. The molecule has 4 heteroatoms. The predicted molar refractivity (Wildman–Crippen MR) is 65.6 cm³/mol. The Kier molecular flexibility index (Phi) is 3.98.